The highest BCUT2D eigenvalue weighted by Crippen LogP contribution is 2.25. The molecule has 0 saturated heterocycles. The first kappa shape index (κ1) is 22.0. The number of aliphatic hydroxyl groups excluding tert-OH is 1. The Labute approximate surface area is 178 Å². The molecule has 30 heavy (non-hydrogen) atoms. The third kappa shape index (κ3) is 4.72. The fraction of sp³-hybridized carbons (Fsp3) is 0.238. The lowest BCUT2D eigenvalue weighted by Gasteiger charge is -2.20. The lowest BCUT2D eigenvalue weighted by molar-refractivity contribution is -0.137. The van der Waals surface area contributed by atoms with Gasteiger partial charge in [-0.1, -0.05) is 29.8 Å². The molecule has 0 aliphatic carbocycles. The Balaban J connectivity index is 1.86. The van der Waals surface area contributed by atoms with Gasteiger partial charge in [0.2, 0.25) is 0 Å². The van der Waals surface area contributed by atoms with E-state index in [9.17, 15) is 28.2 Å². The number of fused-ring (bicyclic) bond motifs is 1. The minimum absolute atomic E-state index is 0.0145. The highest BCUT2D eigenvalue weighted by atomic mass is 35.5. The first-order chi connectivity index (χ1) is 14.2. The molecule has 0 saturated carbocycles. The average molecular weight is 450 g/mol. The van der Waals surface area contributed by atoms with Crippen LogP contribution in [0.1, 0.15) is 23.2 Å². The van der Waals surface area contributed by atoms with Crippen LogP contribution in [-0.4, -0.2) is 46.8 Å². The molecule has 2 unspecified atom stereocenters. The van der Waals surface area contributed by atoms with Crippen LogP contribution < -0.4 is 0 Å². The fourth-order valence-corrected chi connectivity index (χ4v) is 5.32. The van der Waals surface area contributed by atoms with Crippen LogP contribution in [-0.2, 0) is 21.2 Å². The lowest BCUT2D eigenvalue weighted by atomic mass is 10.1. The molecule has 9 heteroatoms. The van der Waals surface area contributed by atoms with E-state index in [-0.39, 0.29) is 17.9 Å². The van der Waals surface area contributed by atoms with E-state index in [0.717, 1.165) is 5.39 Å². The molecule has 2 N–H and O–H groups in total. The molecule has 158 valence electrons. The van der Waals surface area contributed by atoms with Gasteiger partial charge < -0.3 is 14.8 Å². The van der Waals surface area contributed by atoms with Crippen molar-refractivity contribution < 1.29 is 28.2 Å². The monoisotopic (exact) mass is 449 g/mol. The van der Waals surface area contributed by atoms with Crippen LogP contribution in [0.2, 0.25) is 5.02 Å². The number of aromatic nitrogens is 1. The molecule has 3 aromatic rings. The Hall–Kier alpha value is -2.68. The Kier molecular flexibility index (Phi) is 6.60. The normalized spacial score (nSPS) is 13.8. The highest BCUT2D eigenvalue weighted by molar-refractivity contribution is 7.92. The SMILES string of the molecule is O=Cc1cn(CC(O)CC(CC(=O)O)S(=O)(=O)c2ccc(Cl)cc2)c2ccccc12. The Morgan fingerprint density at radius 1 is 1.13 bits per heavy atom. The lowest BCUT2D eigenvalue weighted by Crippen LogP contribution is -2.31. The van der Waals surface area contributed by atoms with Gasteiger partial charge in [0.15, 0.2) is 16.1 Å². The fourth-order valence-electron chi connectivity index (χ4n) is 3.46. The van der Waals surface area contributed by atoms with Gasteiger partial charge in [-0.05, 0) is 36.8 Å². The summed E-state index contributed by atoms with van der Waals surface area (Å²) in [5, 5.41) is 19.6. The van der Waals surface area contributed by atoms with E-state index in [1.807, 2.05) is 0 Å². The molecule has 1 aromatic heterocycles. The third-order valence-corrected chi connectivity index (χ3v) is 7.29. The van der Waals surface area contributed by atoms with Crippen molar-refractivity contribution >= 4 is 44.6 Å². The molecule has 0 aliphatic heterocycles. The quantitative estimate of drug-likeness (QED) is 0.485. The predicted octanol–water partition coefficient (Wildman–Crippen LogP) is 3.18. The number of aldehydes is 1. The van der Waals surface area contributed by atoms with Crippen molar-refractivity contribution in [1.29, 1.82) is 0 Å². The zero-order chi connectivity index (χ0) is 21.9. The summed E-state index contributed by atoms with van der Waals surface area (Å²) in [6.07, 6.45) is 0.227. The molecule has 2 atom stereocenters. The van der Waals surface area contributed by atoms with Crippen molar-refractivity contribution in [3.05, 3.63) is 65.3 Å². The molecule has 0 aliphatic rings. The first-order valence-electron chi connectivity index (χ1n) is 9.14. The van der Waals surface area contributed by atoms with Gasteiger partial charge in [0.25, 0.3) is 0 Å². The Morgan fingerprint density at radius 2 is 1.80 bits per heavy atom. The van der Waals surface area contributed by atoms with Crippen molar-refractivity contribution in [2.24, 2.45) is 0 Å². The average Bonchev–Trinajstić information content (AvgIpc) is 3.05. The smallest absolute Gasteiger partial charge is 0.304 e. The second kappa shape index (κ2) is 8.99. The molecular formula is C21H20ClNO6S. The van der Waals surface area contributed by atoms with Gasteiger partial charge in [-0.3, -0.25) is 9.59 Å². The summed E-state index contributed by atoms with van der Waals surface area (Å²) in [6.45, 7) is 0.0145. The number of carbonyl (C=O) groups excluding carboxylic acids is 1. The molecule has 0 spiro atoms. The van der Waals surface area contributed by atoms with E-state index < -0.39 is 33.6 Å². The second-order valence-corrected chi connectivity index (χ2v) is 9.64. The number of benzene rings is 2. The van der Waals surface area contributed by atoms with E-state index in [1.54, 1.807) is 35.0 Å². The number of halogens is 1. The zero-order valence-corrected chi connectivity index (χ0v) is 17.4. The summed E-state index contributed by atoms with van der Waals surface area (Å²) in [6, 6.07) is 12.6. The molecule has 3 rings (SSSR count). The number of aliphatic carboxylic acids is 1. The molecule has 0 fully saturated rings. The van der Waals surface area contributed by atoms with Crippen molar-refractivity contribution in [2.45, 2.75) is 35.6 Å². The van der Waals surface area contributed by atoms with Crippen LogP contribution in [0.5, 0.6) is 0 Å². The number of sulfone groups is 1. The molecule has 7 nitrogen and oxygen atoms in total. The van der Waals surface area contributed by atoms with E-state index in [0.29, 0.717) is 22.4 Å². The third-order valence-electron chi connectivity index (χ3n) is 4.87. The Morgan fingerprint density at radius 3 is 2.43 bits per heavy atom. The summed E-state index contributed by atoms with van der Waals surface area (Å²) >= 11 is 5.81. The summed E-state index contributed by atoms with van der Waals surface area (Å²) < 4.78 is 27.6. The number of carbonyl (C=O) groups is 2. The van der Waals surface area contributed by atoms with Gasteiger partial charge in [0.1, 0.15) is 0 Å². The van der Waals surface area contributed by atoms with Crippen LogP contribution >= 0.6 is 11.6 Å². The van der Waals surface area contributed by atoms with E-state index >= 15 is 0 Å². The van der Waals surface area contributed by atoms with Crippen molar-refractivity contribution in [3.8, 4) is 0 Å². The molecular weight excluding hydrogens is 430 g/mol. The van der Waals surface area contributed by atoms with E-state index in [4.69, 9.17) is 11.6 Å². The van der Waals surface area contributed by atoms with Crippen molar-refractivity contribution in [3.63, 3.8) is 0 Å². The molecule has 0 amide bonds. The number of nitrogens with zero attached hydrogens (tertiary/aromatic N) is 1. The van der Waals surface area contributed by atoms with Crippen LogP contribution in [0.15, 0.2) is 59.6 Å². The highest BCUT2D eigenvalue weighted by Gasteiger charge is 2.32. The van der Waals surface area contributed by atoms with Crippen molar-refractivity contribution in [2.75, 3.05) is 0 Å². The molecule has 1 heterocycles. The van der Waals surface area contributed by atoms with Gasteiger partial charge in [-0.2, -0.15) is 0 Å². The van der Waals surface area contributed by atoms with Crippen LogP contribution in [0, 0.1) is 0 Å². The van der Waals surface area contributed by atoms with Crippen LogP contribution in [0.4, 0.5) is 0 Å². The summed E-state index contributed by atoms with van der Waals surface area (Å²) in [5.74, 6) is -1.28. The minimum Gasteiger partial charge on any atom is -0.481 e. The number of aliphatic hydroxyl groups is 1. The number of carboxylic acid groups (broad SMARTS) is 1. The maximum absolute atomic E-state index is 13.0. The predicted molar refractivity (Wildman–Crippen MR) is 113 cm³/mol. The summed E-state index contributed by atoms with van der Waals surface area (Å²) in [7, 11) is -4.01. The first-order valence-corrected chi connectivity index (χ1v) is 11.1. The van der Waals surface area contributed by atoms with Crippen LogP contribution in [0.25, 0.3) is 10.9 Å². The number of para-hydroxylation sites is 1. The van der Waals surface area contributed by atoms with Crippen molar-refractivity contribution in [1.82, 2.24) is 4.57 Å². The van der Waals surface area contributed by atoms with Gasteiger partial charge in [-0.25, -0.2) is 8.42 Å². The standard InChI is InChI=1S/C21H20ClNO6S/c22-15-5-7-17(8-6-15)30(28,29)18(10-21(26)27)9-16(25)12-23-11-14(13-24)19-3-1-2-4-20(19)23/h1-8,11,13,16,18,25H,9-10,12H2,(H,26,27). The maximum Gasteiger partial charge on any atom is 0.304 e. The molecule has 2 aromatic carbocycles. The number of carboxylic acids is 1. The van der Waals surface area contributed by atoms with Crippen LogP contribution in [0.3, 0.4) is 0 Å². The van der Waals surface area contributed by atoms with Gasteiger partial charge >= 0.3 is 5.97 Å². The second-order valence-electron chi connectivity index (χ2n) is 6.98. The summed E-state index contributed by atoms with van der Waals surface area (Å²) in [4.78, 5) is 22.5. The zero-order valence-electron chi connectivity index (χ0n) is 15.8. The van der Waals surface area contributed by atoms with Gasteiger partial charge in [0, 0.05) is 34.2 Å². The van der Waals surface area contributed by atoms with Gasteiger partial charge in [-0.15, -0.1) is 0 Å². The molecule has 0 bridgehead atoms. The van der Waals surface area contributed by atoms with E-state index in [1.165, 1.54) is 24.3 Å². The maximum atomic E-state index is 13.0. The minimum atomic E-state index is -4.01. The number of rotatable bonds is 9. The van der Waals surface area contributed by atoms with Gasteiger partial charge in [0.05, 0.1) is 22.7 Å². The topological polar surface area (TPSA) is 114 Å². The Bertz CT molecular complexity index is 1170. The summed E-state index contributed by atoms with van der Waals surface area (Å²) in [5.41, 5.74) is 1.17. The molecule has 0 radical (unpaired) electrons. The van der Waals surface area contributed by atoms with E-state index in [2.05, 4.69) is 0 Å². The number of hydrogen-bond acceptors (Lipinski definition) is 5. The largest absolute Gasteiger partial charge is 0.481 e. The number of hydrogen-bond donors (Lipinski definition) is 2.